The molecule has 0 saturated carbocycles. The lowest BCUT2D eigenvalue weighted by Gasteiger charge is -2.14. The standard InChI is InChI=1S/C21H20ClN3O/c1-2-15-8-9-24-20(11-15)19-12-18(13-25-21(19)22)26-14-17(23)10-16-6-4-3-5-7-16/h2-9,11-13,17H,1,10,14,23H2/t17-/m0/s1. The van der Waals surface area contributed by atoms with Crippen molar-refractivity contribution in [2.75, 3.05) is 6.61 Å². The molecule has 1 aromatic carbocycles. The second-order valence-corrected chi connectivity index (χ2v) is 6.31. The van der Waals surface area contributed by atoms with Crippen LogP contribution in [-0.2, 0) is 6.42 Å². The molecule has 1 atom stereocenters. The summed E-state index contributed by atoms with van der Waals surface area (Å²) < 4.78 is 5.82. The number of pyridine rings is 2. The van der Waals surface area contributed by atoms with Crippen molar-refractivity contribution in [1.29, 1.82) is 0 Å². The SMILES string of the molecule is C=Cc1ccnc(-c2cc(OC[C@@H](N)Cc3ccccc3)cnc2Cl)c1. The molecule has 0 spiro atoms. The van der Waals surface area contributed by atoms with Crippen LogP contribution in [0.2, 0.25) is 5.15 Å². The number of nitrogens with two attached hydrogens (primary N) is 1. The zero-order valence-electron chi connectivity index (χ0n) is 14.3. The molecule has 132 valence electrons. The molecule has 0 amide bonds. The lowest BCUT2D eigenvalue weighted by atomic mass is 10.1. The van der Waals surface area contributed by atoms with Gasteiger partial charge in [-0.05, 0) is 35.7 Å². The summed E-state index contributed by atoms with van der Waals surface area (Å²) in [5.74, 6) is 0.610. The third-order valence-corrected chi connectivity index (χ3v) is 4.22. The van der Waals surface area contributed by atoms with Crippen LogP contribution in [-0.4, -0.2) is 22.6 Å². The molecule has 0 fully saturated rings. The van der Waals surface area contributed by atoms with Crippen LogP contribution < -0.4 is 10.5 Å². The number of hydrogen-bond donors (Lipinski definition) is 1. The van der Waals surface area contributed by atoms with Gasteiger partial charge in [0.25, 0.3) is 0 Å². The van der Waals surface area contributed by atoms with E-state index in [0.717, 1.165) is 17.7 Å². The van der Waals surface area contributed by atoms with E-state index in [4.69, 9.17) is 22.1 Å². The predicted octanol–water partition coefficient (Wildman–Crippen LogP) is 4.39. The largest absolute Gasteiger partial charge is 0.490 e. The maximum atomic E-state index is 6.24. The molecule has 3 rings (SSSR count). The minimum absolute atomic E-state index is 0.112. The molecule has 0 aliphatic rings. The molecule has 3 aromatic rings. The van der Waals surface area contributed by atoms with E-state index >= 15 is 0 Å². The maximum absolute atomic E-state index is 6.24. The summed E-state index contributed by atoms with van der Waals surface area (Å²) >= 11 is 6.24. The molecule has 0 unspecified atom stereocenters. The molecule has 4 nitrogen and oxygen atoms in total. The number of rotatable bonds is 7. The Morgan fingerprint density at radius 1 is 1.15 bits per heavy atom. The Balaban J connectivity index is 1.70. The Labute approximate surface area is 158 Å². The predicted molar refractivity (Wildman–Crippen MR) is 106 cm³/mol. The van der Waals surface area contributed by atoms with Crippen LogP contribution in [0.3, 0.4) is 0 Å². The van der Waals surface area contributed by atoms with E-state index in [1.165, 1.54) is 5.56 Å². The first kappa shape index (κ1) is 18.1. The van der Waals surface area contributed by atoms with Crippen LogP contribution in [0.1, 0.15) is 11.1 Å². The monoisotopic (exact) mass is 365 g/mol. The fourth-order valence-electron chi connectivity index (χ4n) is 2.59. The van der Waals surface area contributed by atoms with Crippen molar-refractivity contribution in [2.24, 2.45) is 5.73 Å². The van der Waals surface area contributed by atoms with Crippen molar-refractivity contribution in [2.45, 2.75) is 12.5 Å². The molecule has 0 bridgehead atoms. The zero-order chi connectivity index (χ0) is 18.4. The number of ether oxygens (including phenoxy) is 1. The van der Waals surface area contributed by atoms with Gasteiger partial charge in [0.1, 0.15) is 17.5 Å². The van der Waals surface area contributed by atoms with Gasteiger partial charge in [-0.1, -0.05) is 54.6 Å². The Morgan fingerprint density at radius 2 is 1.96 bits per heavy atom. The molecular formula is C21H20ClN3O. The minimum Gasteiger partial charge on any atom is -0.490 e. The number of benzene rings is 1. The van der Waals surface area contributed by atoms with Gasteiger partial charge < -0.3 is 10.5 Å². The minimum atomic E-state index is -0.112. The summed E-state index contributed by atoms with van der Waals surface area (Å²) in [5.41, 5.74) is 9.75. The Morgan fingerprint density at radius 3 is 2.73 bits per heavy atom. The first-order valence-corrected chi connectivity index (χ1v) is 8.70. The summed E-state index contributed by atoms with van der Waals surface area (Å²) in [6.07, 6.45) is 5.82. The molecule has 5 heteroatoms. The Bertz CT molecular complexity index is 883. The third kappa shape index (κ3) is 4.69. The van der Waals surface area contributed by atoms with Crippen LogP contribution in [0.15, 0.2) is 67.5 Å². The van der Waals surface area contributed by atoms with Gasteiger partial charge in [0.05, 0.1) is 11.9 Å². The molecule has 0 aliphatic carbocycles. The van der Waals surface area contributed by atoms with Gasteiger partial charge in [-0.15, -0.1) is 0 Å². The summed E-state index contributed by atoms with van der Waals surface area (Å²) in [7, 11) is 0. The number of nitrogens with zero attached hydrogens (tertiary/aromatic N) is 2. The average molecular weight is 366 g/mol. The van der Waals surface area contributed by atoms with Gasteiger partial charge in [0.2, 0.25) is 0 Å². The van der Waals surface area contributed by atoms with Crippen molar-refractivity contribution in [3.8, 4) is 17.0 Å². The summed E-state index contributed by atoms with van der Waals surface area (Å²) in [6, 6.07) is 15.6. The Hall–Kier alpha value is -2.69. The van der Waals surface area contributed by atoms with Crippen molar-refractivity contribution in [3.05, 3.63) is 83.8 Å². The normalized spacial score (nSPS) is 11.8. The summed E-state index contributed by atoms with van der Waals surface area (Å²) in [6.45, 7) is 4.16. The molecule has 2 aromatic heterocycles. The van der Waals surface area contributed by atoms with Crippen molar-refractivity contribution >= 4 is 17.7 Å². The highest BCUT2D eigenvalue weighted by Crippen LogP contribution is 2.28. The van der Waals surface area contributed by atoms with Crippen molar-refractivity contribution < 1.29 is 4.74 Å². The van der Waals surface area contributed by atoms with Crippen LogP contribution >= 0.6 is 11.6 Å². The summed E-state index contributed by atoms with van der Waals surface area (Å²) in [5, 5.41) is 0.375. The summed E-state index contributed by atoms with van der Waals surface area (Å²) in [4.78, 5) is 8.56. The lowest BCUT2D eigenvalue weighted by Crippen LogP contribution is -2.30. The van der Waals surface area contributed by atoms with Crippen LogP contribution in [0.4, 0.5) is 0 Å². The molecule has 0 saturated heterocycles. The van der Waals surface area contributed by atoms with Gasteiger partial charge in [-0.2, -0.15) is 0 Å². The Kier molecular flexibility index (Phi) is 6.00. The van der Waals surface area contributed by atoms with E-state index in [2.05, 4.69) is 28.7 Å². The second-order valence-electron chi connectivity index (χ2n) is 5.95. The van der Waals surface area contributed by atoms with E-state index < -0.39 is 0 Å². The van der Waals surface area contributed by atoms with E-state index in [-0.39, 0.29) is 6.04 Å². The van der Waals surface area contributed by atoms with E-state index in [9.17, 15) is 0 Å². The quantitative estimate of drug-likeness (QED) is 0.631. The van der Waals surface area contributed by atoms with E-state index in [1.54, 1.807) is 18.5 Å². The second kappa shape index (κ2) is 8.61. The van der Waals surface area contributed by atoms with E-state index in [0.29, 0.717) is 23.1 Å². The van der Waals surface area contributed by atoms with Crippen LogP contribution in [0.25, 0.3) is 17.3 Å². The fraction of sp³-hybridized carbons (Fsp3) is 0.143. The molecule has 2 N–H and O–H groups in total. The third-order valence-electron chi connectivity index (χ3n) is 3.91. The molecule has 26 heavy (non-hydrogen) atoms. The topological polar surface area (TPSA) is 61.0 Å². The van der Waals surface area contributed by atoms with Gasteiger partial charge >= 0.3 is 0 Å². The highest BCUT2D eigenvalue weighted by Gasteiger charge is 2.11. The fourth-order valence-corrected chi connectivity index (χ4v) is 2.79. The van der Waals surface area contributed by atoms with Gasteiger partial charge in [-0.25, -0.2) is 4.98 Å². The first-order valence-electron chi connectivity index (χ1n) is 8.32. The van der Waals surface area contributed by atoms with Gasteiger partial charge in [-0.3, -0.25) is 4.98 Å². The van der Waals surface area contributed by atoms with Gasteiger partial charge in [0.15, 0.2) is 0 Å². The van der Waals surface area contributed by atoms with Crippen LogP contribution in [0.5, 0.6) is 5.75 Å². The highest BCUT2D eigenvalue weighted by molar-refractivity contribution is 6.32. The lowest BCUT2D eigenvalue weighted by molar-refractivity contribution is 0.286. The number of halogens is 1. The maximum Gasteiger partial charge on any atom is 0.138 e. The average Bonchev–Trinajstić information content (AvgIpc) is 2.68. The smallest absolute Gasteiger partial charge is 0.138 e. The molecule has 2 heterocycles. The van der Waals surface area contributed by atoms with Crippen molar-refractivity contribution in [1.82, 2.24) is 9.97 Å². The van der Waals surface area contributed by atoms with Crippen molar-refractivity contribution in [3.63, 3.8) is 0 Å². The molecular weight excluding hydrogens is 346 g/mol. The molecule has 0 aliphatic heterocycles. The highest BCUT2D eigenvalue weighted by atomic mass is 35.5. The van der Waals surface area contributed by atoms with Gasteiger partial charge in [0, 0.05) is 17.8 Å². The van der Waals surface area contributed by atoms with E-state index in [1.807, 2.05) is 36.4 Å². The number of hydrogen-bond acceptors (Lipinski definition) is 4. The van der Waals surface area contributed by atoms with Crippen LogP contribution in [0, 0.1) is 0 Å². The first-order chi connectivity index (χ1) is 12.7. The zero-order valence-corrected chi connectivity index (χ0v) is 15.1. The molecule has 0 radical (unpaired) electrons. The number of aromatic nitrogens is 2.